The van der Waals surface area contributed by atoms with Crippen LogP contribution in [0.1, 0.15) is 18.4 Å². The Hall–Kier alpha value is -0.140. The first-order valence-corrected chi connectivity index (χ1v) is 8.61. The van der Waals surface area contributed by atoms with Crippen molar-refractivity contribution in [2.24, 2.45) is 0 Å². The summed E-state index contributed by atoms with van der Waals surface area (Å²) in [5, 5.41) is 3.25. The third kappa shape index (κ3) is 3.74. The summed E-state index contributed by atoms with van der Waals surface area (Å²) in [6.07, 6.45) is 1.73. The van der Waals surface area contributed by atoms with Crippen LogP contribution in [0.25, 0.3) is 0 Å². The molecule has 114 valence electrons. The fraction of sp³-hybridized carbons (Fsp3) is 0.538. The molecule has 0 atom stereocenters. The van der Waals surface area contributed by atoms with Gasteiger partial charge in [0.2, 0.25) is 10.0 Å². The van der Waals surface area contributed by atoms with Gasteiger partial charge in [-0.05, 0) is 56.6 Å². The van der Waals surface area contributed by atoms with E-state index in [1.165, 1.54) is 4.31 Å². The van der Waals surface area contributed by atoms with Gasteiger partial charge in [0.25, 0.3) is 0 Å². The van der Waals surface area contributed by atoms with E-state index in [0.717, 1.165) is 36.0 Å². The number of nitrogens with one attached hydrogen (secondary N) is 1. The molecule has 1 fully saturated rings. The van der Waals surface area contributed by atoms with Crippen molar-refractivity contribution >= 4 is 38.4 Å². The van der Waals surface area contributed by atoms with E-state index in [1.54, 1.807) is 19.2 Å². The molecule has 1 aliphatic rings. The smallest absolute Gasteiger partial charge is 0.243 e. The molecule has 1 saturated heterocycles. The van der Waals surface area contributed by atoms with E-state index in [2.05, 4.69) is 21.2 Å². The molecule has 1 N–H and O–H groups in total. The largest absolute Gasteiger partial charge is 0.317 e. The van der Waals surface area contributed by atoms with Gasteiger partial charge in [-0.25, -0.2) is 8.42 Å². The SMILES string of the molecule is Cc1cc(Br)ccc1S(=O)(=O)N(C)C1CCNCC1.Cl. The lowest BCUT2D eigenvalue weighted by Crippen LogP contribution is -2.44. The molecule has 0 spiro atoms. The number of sulfonamides is 1. The number of nitrogens with zero attached hydrogens (tertiary/aromatic N) is 1. The zero-order valence-corrected chi connectivity index (χ0v) is 14.8. The van der Waals surface area contributed by atoms with Gasteiger partial charge >= 0.3 is 0 Å². The molecule has 1 aromatic carbocycles. The molecule has 0 amide bonds. The molecular formula is C13H20BrClN2O2S. The molecule has 0 aromatic heterocycles. The lowest BCUT2D eigenvalue weighted by Gasteiger charge is -2.31. The Morgan fingerprint density at radius 3 is 2.45 bits per heavy atom. The Labute approximate surface area is 135 Å². The van der Waals surface area contributed by atoms with Crippen molar-refractivity contribution in [1.29, 1.82) is 0 Å². The van der Waals surface area contributed by atoms with Crippen LogP contribution in [0.2, 0.25) is 0 Å². The van der Waals surface area contributed by atoms with Crippen molar-refractivity contribution in [3.8, 4) is 0 Å². The number of hydrogen-bond donors (Lipinski definition) is 1. The second-order valence-corrected chi connectivity index (χ2v) is 7.79. The molecule has 2 rings (SSSR count). The summed E-state index contributed by atoms with van der Waals surface area (Å²) >= 11 is 3.36. The number of piperidine rings is 1. The van der Waals surface area contributed by atoms with E-state index < -0.39 is 10.0 Å². The van der Waals surface area contributed by atoms with Crippen LogP contribution in [0.15, 0.2) is 27.6 Å². The lowest BCUT2D eigenvalue weighted by atomic mass is 10.1. The summed E-state index contributed by atoms with van der Waals surface area (Å²) in [5.74, 6) is 0. The van der Waals surface area contributed by atoms with Crippen LogP contribution in [-0.2, 0) is 10.0 Å². The molecule has 0 aliphatic carbocycles. The van der Waals surface area contributed by atoms with Crippen LogP contribution in [0, 0.1) is 6.92 Å². The first-order chi connectivity index (χ1) is 8.93. The quantitative estimate of drug-likeness (QED) is 0.872. The number of aryl methyl sites for hydroxylation is 1. The predicted octanol–water partition coefficient (Wildman–Crippen LogP) is 2.55. The van der Waals surface area contributed by atoms with Crippen LogP contribution in [0.3, 0.4) is 0 Å². The molecule has 0 radical (unpaired) electrons. The second-order valence-electron chi connectivity index (χ2n) is 4.91. The Morgan fingerprint density at radius 1 is 1.30 bits per heavy atom. The highest BCUT2D eigenvalue weighted by Crippen LogP contribution is 2.25. The molecule has 7 heteroatoms. The zero-order chi connectivity index (χ0) is 14.0. The van der Waals surface area contributed by atoms with Gasteiger partial charge in [-0.2, -0.15) is 4.31 Å². The summed E-state index contributed by atoms with van der Waals surface area (Å²) in [7, 11) is -1.71. The molecule has 1 aromatic rings. The van der Waals surface area contributed by atoms with E-state index in [-0.39, 0.29) is 18.4 Å². The van der Waals surface area contributed by atoms with Gasteiger partial charge < -0.3 is 5.32 Å². The van der Waals surface area contributed by atoms with Crippen molar-refractivity contribution in [2.45, 2.75) is 30.7 Å². The van der Waals surface area contributed by atoms with E-state index in [4.69, 9.17) is 0 Å². The van der Waals surface area contributed by atoms with Crippen molar-refractivity contribution in [2.75, 3.05) is 20.1 Å². The zero-order valence-electron chi connectivity index (χ0n) is 11.6. The molecule has 0 bridgehead atoms. The topological polar surface area (TPSA) is 49.4 Å². The summed E-state index contributed by atoms with van der Waals surface area (Å²) in [6.45, 7) is 3.58. The standard InChI is InChI=1S/C13H19BrN2O2S.ClH/c1-10-9-11(14)3-4-13(10)19(17,18)16(2)12-5-7-15-8-6-12;/h3-4,9,12,15H,5-8H2,1-2H3;1H. The summed E-state index contributed by atoms with van der Waals surface area (Å²) in [6, 6.07) is 5.38. The van der Waals surface area contributed by atoms with Crippen molar-refractivity contribution in [3.63, 3.8) is 0 Å². The normalized spacial score (nSPS) is 17.0. The van der Waals surface area contributed by atoms with E-state index in [1.807, 2.05) is 13.0 Å². The maximum atomic E-state index is 12.7. The first-order valence-electron chi connectivity index (χ1n) is 6.38. The van der Waals surface area contributed by atoms with Crippen molar-refractivity contribution in [3.05, 3.63) is 28.2 Å². The molecule has 0 unspecified atom stereocenters. The summed E-state index contributed by atoms with van der Waals surface area (Å²) in [4.78, 5) is 0.400. The average Bonchev–Trinajstić information content (AvgIpc) is 2.38. The second kappa shape index (κ2) is 7.22. The fourth-order valence-corrected chi connectivity index (χ4v) is 4.52. The van der Waals surface area contributed by atoms with E-state index in [0.29, 0.717) is 4.90 Å². The molecule has 4 nitrogen and oxygen atoms in total. The maximum Gasteiger partial charge on any atom is 0.243 e. The monoisotopic (exact) mass is 382 g/mol. The number of halogens is 2. The van der Waals surface area contributed by atoms with Gasteiger partial charge in [0.15, 0.2) is 0 Å². The first kappa shape index (κ1) is 17.9. The summed E-state index contributed by atoms with van der Waals surface area (Å²) in [5.41, 5.74) is 0.773. The van der Waals surface area contributed by atoms with Gasteiger partial charge in [0.05, 0.1) is 4.90 Å². The van der Waals surface area contributed by atoms with Crippen LogP contribution < -0.4 is 5.32 Å². The Kier molecular flexibility index (Phi) is 6.47. The number of benzene rings is 1. The third-order valence-corrected chi connectivity index (χ3v) is 6.18. The van der Waals surface area contributed by atoms with Crippen LogP contribution in [0.4, 0.5) is 0 Å². The van der Waals surface area contributed by atoms with Gasteiger partial charge in [-0.1, -0.05) is 15.9 Å². The van der Waals surface area contributed by atoms with E-state index in [9.17, 15) is 8.42 Å². The minimum Gasteiger partial charge on any atom is -0.317 e. The minimum atomic E-state index is -3.40. The lowest BCUT2D eigenvalue weighted by molar-refractivity contribution is 0.296. The summed E-state index contributed by atoms with van der Waals surface area (Å²) < 4.78 is 27.7. The van der Waals surface area contributed by atoms with E-state index >= 15 is 0 Å². The van der Waals surface area contributed by atoms with Gasteiger partial charge in [-0.3, -0.25) is 0 Å². The average molecular weight is 384 g/mol. The third-order valence-electron chi connectivity index (χ3n) is 3.62. The maximum absolute atomic E-state index is 12.7. The minimum absolute atomic E-state index is 0. The van der Waals surface area contributed by atoms with Gasteiger partial charge in [0, 0.05) is 17.6 Å². The fourth-order valence-electron chi connectivity index (χ4n) is 2.42. The van der Waals surface area contributed by atoms with Crippen LogP contribution in [0.5, 0.6) is 0 Å². The predicted molar refractivity (Wildman–Crippen MR) is 87.0 cm³/mol. The molecular weight excluding hydrogens is 364 g/mol. The Bertz CT molecular complexity index is 559. The van der Waals surface area contributed by atoms with Crippen molar-refractivity contribution in [1.82, 2.24) is 9.62 Å². The molecule has 1 aliphatic heterocycles. The highest BCUT2D eigenvalue weighted by Gasteiger charge is 2.29. The highest BCUT2D eigenvalue weighted by molar-refractivity contribution is 9.10. The van der Waals surface area contributed by atoms with Crippen LogP contribution >= 0.6 is 28.3 Å². The molecule has 0 saturated carbocycles. The highest BCUT2D eigenvalue weighted by atomic mass is 79.9. The molecule has 20 heavy (non-hydrogen) atoms. The Morgan fingerprint density at radius 2 is 1.90 bits per heavy atom. The van der Waals surface area contributed by atoms with Crippen molar-refractivity contribution < 1.29 is 8.42 Å². The van der Waals surface area contributed by atoms with Gasteiger partial charge in [0.1, 0.15) is 0 Å². The van der Waals surface area contributed by atoms with Crippen LogP contribution in [-0.4, -0.2) is 38.9 Å². The number of hydrogen-bond acceptors (Lipinski definition) is 3. The van der Waals surface area contributed by atoms with Gasteiger partial charge in [-0.15, -0.1) is 12.4 Å². The molecule has 1 heterocycles. The number of rotatable bonds is 3. The Balaban J connectivity index is 0.00000200.